The first-order valence-electron chi connectivity index (χ1n) is 7.62. The van der Waals surface area contributed by atoms with Crippen molar-refractivity contribution in [2.24, 2.45) is 0 Å². The molecule has 0 amide bonds. The fourth-order valence-corrected chi connectivity index (χ4v) is 2.65. The van der Waals surface area contributed by atoms with Crippen molar-refractivity contribution >= 4 is 10.8 Å². The van der Waals surface area contributed by atoms with Crippen LogP contribution in [0.5, 0.6) is 0 Å². The van der Waals surface area contributed by atoms with Crippen molar-refractivity contribution in [3.63, 3.8) is 0 Å². The van der Waals surface area contributed by atoms with E-state index in [9.17, 15) is 0 Å². The van der Waals surface area contributed by atoms with Crippen molar-refractivity contribution < 1.29 is 0 Å². The van der Waals surface area contributed by atoms with E-state index in [4.69, 9.17) is 0 Å². The maximum Gasteiger partial charge on any atom is 0.0237 e. The molecular weight excluding hydrogens is 244 g/mol. The first-order valence-corrected chi connectivity index (χ1v) is 7.62. The van der Waals surface area contributed by atoms with Crippen LogP contribution in [0.25, 0.3) is 10.8 Å². The van der Waals surface area contributed by atoms with Gasteiger partial charge in [0.15, 0.2) is 0 Å². The van der Waals surface area contributed by atoms with Gasteiger partial charge < -0.3 is 9.80 Å². The lowest BCUT2D eigenvalue weighted by Gasteiger charge is -2.23. The standard InChI is InChI=1S/C18H26N2/c1-4-20(5-2)14-13-19(3)15-17-11-8-10-16-9-6-7-12-18(16)17/h6-12H,4-5,13-15H2,1-3H3. The zero-order valence-electron chi connectivity index (χ0n) is 13.0. The maximum atomic E-state index is 2.47. The highest BCUT2D eigenvalue weighted by Gasteiger charge is 2.06. The summed E-state index contributed by atoms with van der Waals surface area (Å²) in [5, 5.41) is 2.71. The van der Waals surface area contributed by atoms with E-state index in [1.165, 1.54) is 16.3 Å². The second kappa shape index (κ2) is 7.41. The van der Waals surface area contributed by atoms with Crippen molar-refractivity contribution in [2.45, 2.75) is 20.4 Å². The van der Waals surface area contributed by atoms with Crippen LogP contribution in [0.15, 0.2) is 42.5 Å². The molecule has 108 valence electrons. The molecule has 2 aromatic rings. The molecule has 2 heteroatoms. The van der Waals surface area contributed by atoms with Gasteiger partial charge in [-0.15, -0.1) is 0 Å². The van der Waals surface area contributed by atoms with E-state index >= 15 is 0 Å². The first kappa shape index (κ1) is 15.0. The Labute approximate surface area is 123 Å². The molecule has 2 rings (SSSR count). The van der Waals surface area contributed by atoms with Crippen LogP contribution in [0.1, 0.15) is 19.4 Å². The van der Waals surface area contributed by atoms with Crippen molar-refractivity contribution in [1.82, 2.24) is 9.80 Å². The number of hydrogen-bond acceptors (Lipinski definition) is 2. The van der Waals surface area contributed by atoms with Gasteiger partial charge in [0.25, 0.3) is 0 Å². The summed E-state index contributed by atoms with van der Waals surface area (Å²) in [4.78, 5) is 4.89. The number of benzene rings is 2. The average Bonchev–Trinajstić information content (AvgIpc) is 2.49. The van der Waals surface area contributed by atoms with Gasteiger partial charge in [-0.25, -0.2) is 0 Å². The first-order chi connectivity index (χ1) is 9.74. The number of fused-ring (bicyclic) bond motifs is 1. The van der Waals surface area contributed by atoms with Crippen molar-refractivity contribution in [2.75, 3.05) is 33.2 Å². The lowest BCUT2D eigenvalue weighted by molar-refractivity contribution is 0.237. The van der Waals surface area contributed by atoms with Gasteiger partial charge in [-0.05, 0) is 36.5 Å². The van der Waals surface area contributed by atoms with Crippen LogP contribution in [0.3, 0.4) is 0 Å². The summed E-state index contributed by atoms with van der Waals surface area (Å²) in [7, 11) is 2.21. The summed E-state index contributed by atoms with van der Waals surface area (Å²) < 4.78 is 0. The van der Waals surface area contributed by atoms with E-state index in [1.54, 1.807) is 0 Å². The maximum absolute atomic E-state index is 2.47. The van der Waals surface area contributed by atoms with Crippen molar-refractivity contribution in [1.29, 1.82) is 0 Å². The molecule has 20 heavy (non-hydrogen) atoms. The number of rotatable bonds is 7. The van der Waals surface area contributed by atoms with Crippen LogP contribution >= 0.6 is 0 Å². The molecule has 0 N–H and O–H groups in total. The van der Waals surface area contributed by atoms with E-state index in [0.29, 0.717) is 0 Å². The van der Waals surface area contributed by atoms with Gasteiger partial charge in [0.05, 0.1) is 0 Å². The Kier molecular flexibility index (Phi) is 5.57. The van der Waals surface area contributed by atoms with Crippen molar-refractivity contribution in [3.8, 4) is 0 Å². The average molecular weight is 270 g/mol. The molecule has 0 saturated carbocycles. The number of likely N-dealkylation sites (N-methyl/N-ethyl adjacent to an activating group) is 2. The minimum atomic E-state index is 1.02. The van der Waals surface area contributed by atoms with Crippen LogP contribution in [-0.2, 0) is 6.54 Å². The van der Waals surface area contributed by atoms with E-state index in [-0.39, 0.29) is 0 Å². The van der Waals surface area contributed by atoms with Crippen molar-refractivity contribution in [3.05, 3.63) is 48.0 Å². The van der Waals surface area contributed by atoms with Gasteiger partial charge in [0.2, 0.25) is 0 Å². The Morgan fingerprint density at radius 1 is 0.850 bits per heavy atom. The van der Waals surface area contributed by atoms with Gasteiger partial charge in [-0.1, -0.05) is 56.3 Å². The largest absolute Gasteiger partial charge is 0.303 e. The van der Waals surface area contributed by atoms with E-state index in [0.717, 1.165) is 32.7 Å². The van der Waals surface area contributed by atoms with Crippen LogP contribution in [0, 0.1) is 0 Å². The molecule has 0 bridgehead atoms. The molecule has 0 spiro atoms. The smallest absolute Gasteiger partial charge is 0.0237 e. The zero-order chi connectivity index (χ0) is 14.4. The predicted octanol–water partition coefficient (Wildman–Crippen LogP) is 3.61. The van der Waals surface area contributed by atoms with Gasteiger partial charge in [-0.3, -0.25) is 0 Å². The highest BCUT2D eigenvalue weighted by molar-refractivity contribution is 5.85. The van der Waals surface area contributed by atoms with E-state index < -0.39 is 0 Å². The molecule has 0 saturated heterocycles. The predicted molar refractivity (Wildman–Crippen MR) is 88.1 cm³/mol. The highest BCUT2D eigenvalue weighted by atomic mass is 15.2. The Hall–Kier alpha value is -1.38. The van der Waals surface area contributed by atoms with E-state index in [1.807, 2.05) is 0 Å². The lowest BCUT2D eigenvalue weighted by Crippen LogP contribution is -2.32. The van der Waals surface area contributed by atoms with Gasteiger partial charge in [0, 0.05) is 19.6 Å². The molecule has 0 fully saturated rings. The molecule has 0 atom stereocenters. The topological polar surface area (TPSA) is 6.48 Å². The van der Waals surface area contributed by atoms with Crippen LogP contribution in [-0.4, -0.2) is 43.0 Å². The zero-order valence-corrected chi connectivity index (χ0v) is 13.0. The molecule has 0 unspecified atom stereocenters. The number of nitrogens with zero attached hydrogens (tertiary/aromatic N) is 2. The molecule has 2 nitrogen and oxygen atoms in total. The fraction of sp³-hybridized carbons (Fsp3) is 0.444. The quantitative estimate of drug-likeness (QED) is 0.758. The second-order valence-corrected chi connectivity index (χ2v) is 5.40. The minimum absolute atomic E-state index is 1.02. The van der Waals surface area contributed by atoms with Gasteiger partial charge in [-0.2, -0.15) is 0 Å². The van der Waals surface area contributed by atoms with Gasteiger partial charge >= 0.3 is 0 Å². The van der Waals surface area contributed by atoms with Crippen LogP contribution < -0.4 is 0 Å². The van der Waals surface area contributed by atoms with Crippen LogP contribution in [0.2, 0.25) is 0 Å². The summed E-state index contributed by atoms with van der Waals surface area (Å²) in [5.41, 5.74) is 1.42. The highest BCUT2D eigenvalue weighted by Crippen LogP contribution is 2.19. The molecule has 0 heterocycles. The fourth-order valence-electron chi connectivity index (χ4n) is 2.65. The summed E-state index contributed by atoms with van der Waals surface area (Å²) >= 11 is 0. The second-order valence-electron chi connectivity index (χ2n) is 5.40. The summed E-state index contributed by atoms with van der Waals surface area (Å²) in [6, 6.07) is 15.2. The monoisotopic (exact) mass is 270 g/mol. The Morgan fingerprint density at radius 3 is 2.30 bits per heavy atom. The lowest BCUT2D eigenvalue weighted by atomic mass is 10.0. The van der Waals surface area contributed by atoms with E-state index in [2.05, 4.69) is 73.2 Å². The number of hydrogen-bond donors (Lipinski definition) is 0. The molecule has 2 aromatic carbocycles. The normalized spacial score (nSPS) is 11.7. The van der Waals surface area contributed by atoms with Crippen LogP contribution in [0.4, 0.5) is 0 Å². The summed E-state index contributed by atoms with van der Waals surface area (Å²) in [5.74, 6) is 0. The molecule has 0 aliphatic carbocycles. The molecule has 0 aromatic heterocycles. The molecule has 0 aliphatic rings. The summed E-state index contributed by atoms with van der Waals surface area (Å²) in [6.07, 6.45) is 0. The third kappa shape index (κ3) is 3.81. The Balaban J connectivity index is 2.01. The summed E-state index contributed by atoms with van der Waals surface area (Å²) in [6.45, 7) is 10.0. The Bertz CT molecular complexity index is 526. The third-order valence-corrected chi connectivity index (χ3v) is 4.01. The SMILES string of the molecule is CCN(CC)CCN(C)Cc1cccc2ccccc12. The minimum Gasteiger partial charge on any atom is -0.303 e. The van der Waals surface area contributed by atoms with Gasteiger partial charge in [0.1, 0.15) is 0 Å². The third-order valence-electron chi connectivity index (χ3n) is 4.01. The molecule has 0 aliphatic heterocycles. The molecule has 0 radical (unpaired) electrons. The molecular formula is C18H26N2. The Morgan fingerprint density at radius 2 is 1.55 bits per heavy atom.